The van der Waals surface area contributed by atoms with Crippen molar-refractivity contribution >= 4 is 21.4 Å². The highest BCUT2D eigenvalue weighted by molar-refractivity contribution is 7.10. The second-order valence-corrected chi connectivity index (χ2v) is 2.38. The molecule has 1 N–H and O–H groups in total. The Hall–Kier alpha value is -0.630. The number of carbonyl (C=O) groups is 2. The molecule has 0 rings (SSSR count). The fourth-order valence-corrected chi connectivity index (χ4v) is 0.894. The summed E-state index contributed by atoms with van der Waals surface area (Å²) in [4.78, 5) is 20.9. The molecule has 0 spiro atoms. The minimum Gasteiger partial charge on any atom is -0.481 e. The van der Waals surface area contributed by atoms with Crippen molar-refractivity contribution in [2.45, 2.75) is 19.8 Å². The van der Waals surface area contributed by atoms with Crippen LogP contribution in [0.4, 0.5) is 0 Å². The van der Waals surface area contributed by atoms with Gasteiger partial charge in [-0.15, -0.1) is 0 Å². The number of carboxylic acids is 1. The molecule has 2 atom stereocenters. The van der Waals surface area contributed by atoms with Gasteiger partial charge in [-0.05, 0) is 6.42 Å². The van der Waals surface area contributed by atoms with Crippen LogP contribution in [-0.2, 0) is 14.1 Å². The van der Waals surface area contributed by atoms with Gasteiger partial charge in [0.15, 0.2) is 0 Å². The first kappa shape index (κ1) is 10.4. The minimum atomic E-state index is -0.979. The molecule has 0 heterocycles. The second kappa shape index (κ2) is 5.08. The van der Waals surface area contributed by atoms with Gasteiger partial charge in [0.2, 0.25) is 0 Å². The van der Waals surface area contributed by atoms with Crippen LogP contribution in [0.25, 0.3) is 0 Å². The van der Waals surface area contributed by atoms with Gasteiger partial charge in [-0.25, -0.2) is 0 Å². The summed E-state index contributed by atoms with van der Waals surface area (Å²) in [7, 11) is 1.81. The fourth-order valence-electron chi connectivity index (χ4n) is 0.701. The largest absolute Gasteiger partial charge is 0.481 e. The van der Waals surface area contributed by atoms with Crippen LogP contribution in [0.2, 0.25) is 0 Å². The van der Waals surface area contributed by atoms with E-state index in [1.165, 1.54) is 0 Å². The molecule has 0 aliphatic rings. The lowest BCUT2D eigenvalue weighted by Gasteiger charge is -2.07. The maximum Gasteiger partial charge on any atom is 0.311 e. The zero-order valence-electron chi connectivity index (χ0n) is 6.24. The van der Waals surface area contributed by atoms with E-state index in [9.17, 15) is 9.59 Å². The summed E-state index contributed by atoms with van der Waals surface area (Å²) in [6, 6.07) is 0. The molecule has 0 bridgehead atoms. The predicted octanol–water partition coefficient (Wildman–Crippen LogP) is 0.821. The third kappa shape index (κ3) is 3.94. The minimum absolute atomic E-state index is 0.163. The van der Waals surface area contributed by atoms with Crippen LogP contribution in [0, 0.1) is 5.92 Å². The number of rotatable bonds is 4. The van der Waals surface area contributed by atoms with E-state index < -0.39 is 17.9 Å². The van der Waals surface area contributed by atoms with Crippen molar-refractivity contribution in [2.75, 3.05) is 0 Å². The predicted molar refractivity (Wildman–Crippen MR) is 41.8 cm³/mol. The lowest BCUT2D eigenvalue weighted by atomic mass is 10.0. The molecule has 0 fully saturated rings. The van der Waals surface area contributed by atoms with E-state index in [1.54, 1.807) is 6.92 Å². The summed E-state index contributed by atoms with van der Waals surface area (Å²) in [6.45, 7) is 1.75. The van der Waals surface area contributed by atoms with E-state index in [0.717, 1.165) is 0 Å². The van der Waals surface area contributed by atoms with Crippen molar-refractivity contribution in [1.82, 2.24) is 0 Å². The summed E-state index contributed by atoms with van der Waals surface area (Å²) >= 11 is 0. The molecule has 0 aliphatic carbocycles. The smallest absolute Gasteiger partial charge is 0.311 e. The van der Waals surface area contributed by atoms with Gasteiger partial charge in [-0.1, -0.05) is 6.92 Å². The van der Waals surface area contributed by atoms with Crippen LogP contribution in [0.1, 0.15) is 19.8 Å². The van der Waals surface area contributed by atoms with Crippen LogP contribution in [0.15, 0.2) is 0 Å². The summed E-state index contributed by atoms with van der Waals surface area (Å²) in [5, 5.41) is 8.34. The number of carbonyl (C=O) groups excluding carboxylic acids is 1. The van der Waals surface area contributed by atoms with Gasteiger partial charge < -0.3 is 9.63 Å². The fraction of sp³-hybridized carbons (Fsp3) is 0.667. The van der Waals surface area contributed by atoms with Crippen molar-refractivity contribution in [1.29, 1.82) is 0 Å². The maximum atomic E-state index is 10.8. The van der Waals surface area contributed by atoms with Crippen molar-refractivity contribution in [3.8, 4) is 0 Å². The Bertz CT molecular complexity index is 157. The SMILES string of the molecule is CCC(CC(=O)O)C(=O)OP. The van der Waals surface area contributed by atoms with E-state index in [2.05, 4.69) is 4.52 Å². The van der Waals surface area contributed by atoms with Crippen molar-refractivity contribution in [3.63, 3.8) is 0 Å². The van der Waals surface area contributed by atoms with Gasteiger partial charge in [-0.2, -0.15) is 0 Å². The molecule has 0 aliphatic heterocycles. The highest BCUT2D eigenvalue weighted by Gasteiger charge is 2.19. The van der Waals surface area contributed by atoms with Gasteiger partial charge in [0.25, 0.3) is 0 Å². The molecule has 0 saturated carbocycles. The first-order chi connectivity index (χ1) is 5.11. The van der Waals surface area contributed by atoms with Crippen molar-refractivity contribution in [3.05, 3.63) is 0 Å². The van der Waals surface area contributed by atoms with E-state index in [1.807, 2.05) is 9.47 Å². The Morgan fingerprint density at radius 1 is 1.64 bits per heavy atom. The van der Waals surface area contributed by atoms with Crippen LogP contribution < -0.4 is 0 Å². The molecule has 0 amide bonds. The molecular formula is C6H11O4P. The molecule has 4 nitrogen and oxygen atoms in total. The Labute approximate surface area is 67.2 Å². The van der Waals surface area contributed by atoms with Crippen LogP contribution >= 0.6 is 9.47 Å². The van der Waals surface area contributed by atoms with Gasteiger partial charge in [0, 0.05) is 0 Å². The van der Waals surface area contributed by atoms with Gasteiger partial charge in [-0.3, -0.25) is 9.59 Å². The average molecular weight is 178 g/mol. The highest BCUT2D eigenvalue weighted by Crippen LogP contribution is 2.11. The zero-order valence-corrected chi connectivity index (χ0v) is 7.40. The molecule has 0 aromatic heterocycles. The standard InChI is InChI=1S/C6H11O4P/c1-2-4(3-5(7)8)6(9)10-11/h4H,2-3,11H2,1H3,(H,7,8). The maximum absolute atomic E-state index is 10.8. The zero-order chi connectivity index (χ0) is 8.85. The summed E-state index contributed by atoms with van der Waals surface area (Å²) in [5.41, 5.74) is 0. The van der Waals surface area contributed by atoms with Crippen molar-refractivity contribution < 1.29 is 19.2 Å². The van der Waals surface area contributed by atoms with Gasteiger partial charge >= 0.3 is 11.9 Å². The average Bonchev–Trinajstić information content (AvgIpc) is 1.98. The highest BCUT2D eigenvalue weighted by atomic mass is 31.0. The van der Waals surface area contributed by atoms with E-state index in [4.69, 9.17) is 5.11 Å². The molecule has 2 unspecified atom stereocenters. The third-order valence-corrected chi connectivity index (χ3v) is 1.60. The van der Waals surface area contributed by atoms with Crippen LogP contribution in [-0.4, -0.2) is 17.0 Å². The first-order valence-electron chi connectivity index (χ1n) is 3.24. The normalized spacial score (nSPS) is 12.2. The Morgan fingerprint density at radius 2 is 2.18 bits per heavy atom. The molecular weight excluding hydrogens is 167 g/mol. The van der Waals surface area contributed by atoms with E-state index in [0.29, 0.717) is 6.42 Å². The van der Waals surface area contributed by atoms with Gasteiger partial charge in [0.05, 0.1) is 21.8 Å². The van der Waals surface area contributed by atoms with E-state index >= 15 is 0 Å². The number of hydrogen-bond acceptors (Lipinski definition) is 3. The molecule has 0 aromatic carbocycles. The molecule has 0 aromatic rings. The molecule has 0 saturated heterocycles. The Morgan fingerprint density at radius 3 is 2.45 bits per heavy atom. The molecule has 0 radical (unpaired) electrons. The van der Waals surface area contributed by atoms with Crippen LogP contribution in [0.5, 0.6) is 0 Å². The monoisotopic (exact) mass is 178 g/mol. The number of aliphatic carboxylic acids is 1. The topological polar surface area (TPSA) is 63.6 Å². The lowest BCUT2D eigenvalue weighted by Crippen LogP contribution is -2.17. The van der Waals surface area contributed by atoms with E-state index in [-0.39, 0.29) is 6.42 Å². The lowest BCUT2D eigenvalue weighted by molar-refractivity contribution is -0.145. The van der Waals surface area contributed by atoms with Gasteiger partial charge in [0.1, 0.15) is 0 Å². The third-order valence-electron chi connectivity index (χ3n) is 1.36. The van der Waals surface area contributed by atoms with Crippen molar-refractivity contribution in [2.24, 2.45) is 5.92 Å². The summed E-state index contributed by atoms with van der Waals surface area (Å²) in [5.74, 6) is -1.99. The summed E-state index contributed by atoms with van der Waals surface area (Å²) in [6.07, 6.45) is 0.323. The first-order valence-corrected chi connectivity index (χ1v) is 3.71. The number of carboxylic acid groups (broad SMARTS) is 1. The molecule has 64 valence electrons. The summed E-state index contributed by atoms with van der Waals surface area (Å²) < 4.78 is 4.32. The Kier molecular flexibility index (Phi) is 4.79. The number of hydrogen-bond donors (Lipinski definition) is 1. The van der Waals surface area contributed by atoms with Crippen LogP contribution in [0.3, 0.4) is 0 Å². The second-order valence-electron chi connectivity index (χ2n) is 2.14. The quantitative estimate of drug-likeness (QED) is 0.647. The molecule has 11 heavy (non-hydrogen) atoms. The Balaban J connectivity index is 3.94. The molecule has 5 heteroatoms.